The van der Waals surface area contributed by atoms with Gasteiger partial charge in [-0.1, -0.05) is 48.9 Å². The Morgan fingerprint density at radius 1 is 1.20 bits per heavy atom. The number of rotatable bonds is 7. The van der Waals surface area contributed by atoms with Gasteiger partial charge in [0.1, 0.15) is 0 Å². The van der Waals surface area contributed by atoms with Gasteiger partial charge in [-0.25, -0.2) is 4.99 Å². The molecular formula is C24H33N5O. The molecule has 30 heavy (non-hydrogen) atoms. The summed E-state index contributed by atoms with van der Waals surface area (Å²) in [7, 11) is 0. The smallest absolute Gasteiger partial charge is 0.239 e. The molecule has 2 aromatic carbocycles. The molecule has 1 fully saturated rings. The van der Waals surface area contributed by atoms with Crippen molar-refractivity contribution in [3.63, 3.8) is 0 Å². The lowest BCUT2D eigenvalue weighted by atomic mass is 9.99. The van der Waals surface area contributed by atoms with Crippen molar-refractivity contribution in [1.82, 2.24) is 16.0 Å². The van der Waals surface area contributed by atoms with Crippen molar-refractivity contribution in [2.45, 2.75) is 33.2 Å². The lowest BCUT2D eigenvalue weighted by molar-refractivity contribution is -0.120. The van der Waals surface area contributed by atoms with Gasteiger partial charge in [-0.3, -0.25) is 4.79 Å². The Labute approximate surface area is 179 Å². The topological polar surface area (TPSA) is 68.8 Å². The normalized spacial score (nSPS) is 15.5. The molecule has 1 heterocycles. The first-order chi connectivity index (χ1) is 14.5. The van der Waals surface area contributed by atoms with Crippen LogP contribution in [-0.4, -0.2) is 44.6 Å². The lowest BCUT2D eigenvalue weighted by Crippen LogP contribution is -2.47. The zero-order valence-corrected chi connectivity index (χ0v) is 18.2. The lowest BCUT2D eigenvalue weighted by Gasteiger charge is -2.28. The summed E-state index contributed by atoms with van der Waals surface area (Å²) in [5.74, 6) is 1.31. The quantitative estimate of drug-likeness (QED) is 0.488. The van der Waals surface area contributed by atoms with E-state index in [1.54, 1.807) is 0 Å². The average molecular weight is 408 g/mol. The number of benzene rings is 2. The second-order valence-electron chi connectivity index (χ2n) is 7.83. The van der Waals surface area contributed by atoms with Crippen molar-refractivity contribution >= 4 is 17.6 Å². The fourth-order valence-electron chi connectivity index (χ4n) is 3.53. The molecule has 3 N–H and O–H groups in total. The highest BCUT2D eigenvalue weighted by Crippen LogP contribution is 2.17. The van der Waals surface area contributed by atoms with E-state index < -0.39 is 0 Å². The first-order valence-corrected chi connectivity index (χ1v) is 10.7. The monoisotopic (exact) mass is 407 g/mol. The van der Waals surface area contributed by atoms with Crippen LogP contribution in [0, 0.1) is 6.92 Å². The van der Waals surface area contributed by atoms with Crippen molar-refractivity contribution in [3.05, 3.63) is 65.2 Å². The number of amides is 1. The van der Waals surface area contributed by atoms with E-state index in [-0.39, 0.29) is 5.91 Å². The Balaban J connectivity index is 1.56. The molecule has 0 spiro atoms. The van der Waals surface area contributed by atoms with Crippen LogP contribution in [0.2, 0.25) is 0 Å². The summed E-state index contributed by atoms with van der Waals surface area (Å²) < 4.78 is 0. The maximum Gasteiger partial charge on any atom is 0.239 e. The van der Waals surface area contributed by atoms with E-state index in [1.165, 1.54) is 11.1 Å². The number of aliphatic imine (C=N–C) groups is 1. The molecule has 0 radical (unpaired) electrons. The number of carbonyl (C=O) groups is 1. The van der Waals surface area contributed by atoms with E-state index in [1.807, 2.05) is 0 Å². The third-order valence-corrected chi connectivity index (χ3v) is 5.29. The molecule has 0 saturated carbocycles. The summed E-state index contributed by atoms with van der Waals surface area (Å²) in [6.07, 6.45) is 0. The molecule has 1 amide bonds. The zero-order valence-electron chi connectivity index (χ0n) is 18.2. The van der Waals surface area contributed by atoms with Gasteiger partial charge in [-0.15, -0.1) is 0 Å². The average Bonchev–Trinajstić information content (AvgIpc) is 2.76. The maximum atomic E-state index is 11.6. The Kier molecular flexibility index (Phi) is 7.71. The van der Waals surface area contributed by atoms with Crippen LogP contribution in [0.4, 0.5) is 5.69 Å². The van der Waals surface area contributed by atoms with Crippen LogP contribution in [0.1, 0.15) is 36.5 Å². The highest BCUT2D eigenvalue weighted by atomic mass is 16.2. The van der Waals surface area contributed by atoms with E-state index in [0.717, 1.165) is 36.8 Å². The molecule has 160 valence electrons. The number of hydrogen-bond donors (Lipinski definition) is 3. The van der Waals surface area contributed by atoms with Crippen molar-refractivity contribution in [2.75, 3.05) is 37.6 Å². The first-order valence-electron chi connectivity index (χ1n) is 10.7. The van der Waals surface area contributed by atoms with Gasteiger partial charge in [0.2, 0.25) is 5.91 Å². The van der Waals surface area contributed by atoms with Crippen LogP contribution in [0.3, 0.4) is 0 Å². The van der Waals surface area contributed by atoms with Crippen LogP contribution in [0.25, 0.3) is 0 Å². The molecule has 0 aromatic heterocycles. The summed E-state index contributed by atoms with van der Waals surface area (Å²) in [6, 6.07) is 17.0. The molecule has 1 aliphatic rings. The number of piperazine rings is 1. The summed E-state index contributed by atoms with van der Waals surface area (Å²) in [4.78, 5) is 18.4. The Morgan fingerprint density at radius 3 is 2.70 bits per heavy atom. The number of anilines is 1. The van der Waals surface area contributed by atoms with E-state index in [4.69, 9.17) is 4.99 Å². The Hall–Kier alpha value is -3.02. The van der Waals surface area contributed by atoms with Crippen molar-refractivity contribution in [2.24, 2.45) is 4.99 Å². The van der Waals surface area contributed by atoms with Crippen molar-refractivity contribution in [1.29, 1.82) is 0 Å². The Morgan fingerprint density at radius 2 is 2.00 bits per heavy atom. The third-order valence-electron chi connectivity index (χ3n) is 5.29. The van der Waals surface area contributed by atoms with Gasteiger partial charge >= 0.3 is 0 Å². The molecule has 1 atom stereocenters. The standard InChI is InChI=1S/C24H33N5O/c1-4-25-24(27-15-19(3)21-7-5-6-18(2)14-21)28-16-20-8-10-22(11-9-20)29-13-12-26-23(30)17-29/h5-11,14,19H,4,12-13,15-17H2,1-3H3,(H,26,30)(H2,25,27,28). The molecule has 1 saturated heterocycles. The molecule has 2 aromatic rings. The summed E-state index contributed by atoms with van der Waals surface area (Å²) in [5.41, 5.74) is 4.84. The second-order valence-corrected chi connectivity index (χ2v) is 7.83. The van der Waals surface area contributed by atoms with Gasteiger partial charge in [-0.2, -0.15) is 0 Å². The summed E-state index contributed by atoms with van der Waals surface area (Å²) in [6.45, 7) is 10.6. The van der Waals surface area contributed by atoms with Gasteiger partial charge in [0.05, 0.1) is 13.1 Å². The van der Waals surface area contributed by atoms with E-state index >= 15 is 0 Å². The van der Waals surface area contributed by atoms with Crippen LogP contribution in [-0.2, 0) is 11.3 Å². The molecule has 0 bridgehead atoms. The molecular weight excluding hydrogens is 374 g/mol. The SMILES string of the molecule is CCNC(=NCc1ccc(N2CCNC(=O)C2)cc1)NCC(C)c1cccc(C)c1. The Bertz CT molecular complexity index is 862. The van der Waals surface area contributed by atoms with Gasteiger partial charge < -0.3 is 20.9 Å². The van der Waals surface area contributed by atoms with Gasteiger partial charge in [0.25, 0.3) is 0 Å². The van der Waals surface area contributed by atoms with Gasteiger partial charge in [-0.05, 0) is 43.0 Å². The zero-order chi connectivity index (χ0) is 21.3. The minimum atomic E-state index is 0.0798. The van der Waals surface area contributed by atoms with Crippen LogP contribution in [0.15, 0.2) is 53.5 Å². The van der Waals surface area contributed by atoms with E-state index in [0.29, 0.717) is 25.6 Å². The highest BCUT2D eigenvalue weighted by molar-refractivity contribution is 5.82. The molecule has 0 aliphatic carbocycles. The maximum absolute atomic E-state index is 11.6. The number of nitrogens with one attached hydrogen (secondary N) is 3. The molecule has 6 nitrogen and oxygen atoms in total. The largest absolute Gasteiger partial charge is 0.360 e. The first kappa shape index (κ1) is 21.7. The van der Waals surface area contributed by atoms with E-state index in [9.17, 15) is 4.79 Å². The number of aryl methyl sites for hydroxylation is 1. The van der Waals surface area contributed by atoms with Crippen LogP contribution in [0.5, 0.6) is 0 Å². The van der Waals surface area contributed by atoms with Crippen molar-refractivity contribution in [3.8, 4) is 0 Å². The number of nitrogens with zero attached hydrogens (tertiary/aromatic N) is 2. The summed E-state index contributed by atoms with van der Waals surface area (Å²) >= 11 is 0. The fraction of sp³-hybridized carbons (Fsp3) is 0.417. The molecule has 3 rings (SSSR count). The van der Waals surface area contributed by atoms with E-state index in [2.05, 4.69) is 90.2 Å². The van der Waals surface area contributed by atoms with Gasteiger partial charge in [0.15, 0.2) is 5.96 Å². The van der Waals surface area contributed by atoms with Gasteiger partial charge in [0, 0.05) is 31.9 Å². The summed E-state index contributed by atoms with van der Waals surface area (Å²) in [5, 5.41) is 9.65. The number of hydrogen-bond acceptors (Lipinski definition) is 3. The highest BCUT2D eigenvalue weighted by Gasteiger charge is 2.16. The number of guanidine groups is 1. The molecule has 6 heteroatoms. The second kappa shape index (κ2) is 10.7. The fourth-order valence-corrected chi connectivity index (χ4v) is 3.53. The predicted molar refractivity (Wildman–Crippen MR) is 124 cm³/mol. The predicted octanol–water partition coefficient (Wildman–Crippen LogP) is 2.79. The number of carbonyl (C=O) groups excluding carboxylic acids is 1. The minimum absolute atomic E-state index is 0.0798. The van der Waals surface area contributed by atoms with Crippen LogP contribution < -0.4 is 20.9 Å². The minimum Gasteiger partial charge on any atom is -0.360 e. The van der Waals surface area contributed by atoms with Crippen LogP contribution >= 0.6 is 0 Å². The molecule has 1 aliphatic heterocycles. The van der Waals surface area contributed by atoms with Crippen molar-refractivity contribution < 1.29 is 4.79 Å². The molecule has 1 unspecified atom stereocenters. The third kappa shape index (κ3) is 6.24.